The summed E-state index contributed by atoms with van der Waals surface area (Å²) in [5.74, 6) is 0.0959. The van der Waals surface area contributed by atoms with Crippen molar-refractivity contribution in [2.75, 3.05) is 19.5 Å². The van der Waals surface area contributed by atoms with Gasteiger partial charge in [0.1, 0.15) is 5.41 Å². The maximum atomic E-state index is 12.0. The summed E-state index contributed by atoms with van der Waals surface area (Å²) in [7, 11) is 2.89. The predicted molar refractivity (Wildman–Crippen MR) is 67.8 cm³/mol. The number of methoxy groups -OCH3 is 2. The Balaban J connectivity index is 3.00. The maximum absolute atomic E-state index is 12.0. The van der Waals surface area contributed by atoms with E-state index in [1.165, 1.54) is 20.3 Å². The second-order valence-electron chi connectivity index (χ2n) is 4.03. The molecule has 0 aliphatic carbocycles. The van der Waals surface area contributed by atoms with Crippen LogP contribution in [-0.2, 0) is 4.79 Å². The average Bonchev–Trinajstić information content (AvgIpc) is 2.45. The molecule has 1 rings (SSSR count). The van der Waals surface area contributed by atoms with Crippen molar-refractivity contribution in [3.63, 3.8) is 0 Å². The summed E-state index contributed by atoms with van der Waals surface area (Å²) in [6.45, 7) is 3.32. The number of nitrogens with one attached hydrogen (secondary N) is 1. The number of carbonyl (C=O) groups excluding carboxylic acids is 1. The van der Waals surface area contributed by atoms with Crippen LogP contribution >= 0.6 is 0 Å². The van der Waals surface area contributed by atoms with Crippen molar-refractivity contribution in [3.8, 4) is 17.8 Å². The SMILES string of the molecule is CCC(C)(C#N)C(=O)Nc1nc(OC)cc(OC)n1. The lowest BCUT2D eigenvalue weighted by Crippen LogP contribution is -2.32. The van der Waals surface area contributed by atoms with Crippen molar-refractivity contribution in [1.82, 2.24) is 9.97 Å². The predicted octanol–water partition coefficient (Wildman–Crippen LogP) is 1.37. The van der Waals surface area contributed by atoms with Crippen molar-refractivity contribution in [3.05, 3.63) is 6.07 Å². The fourth-order valence-corrected chi connectivity index (χ4v) is 1.20. The zero-order valence-corrected chi connectivity index (χ0v) is 11.4. The third-order valence-corrected chi connectivity index (χ3v) is 2.78. The lowest BCUT2D eigenvalue weighted by atomic mass is 9.88. The number of aromatic nitrogens is 2. The van der Waals surface area contributed by atoms with Gasteiger partial charge in [0.2, 0.25) is 23.6 Å². The lowest BCUT2D eigenvalue weighted by molar-refractivity contribution is -0.122. The zero-order chi connectivity index (χ0) is 14.5. The molecule has 7 nitrogen and oxygen atoms in total. The number of rotatable bonds is 5. The molecule has 1 atom stereocenters. The first kappa shape index (κ1) is 14.7. The Morgan fingerprint density at radius 2 is 1.95 bits per heavy atom. The second kappa shape index (κ2) is 6.00. The van der Waals surface area contributed by atoms with Crippen LogP contribution in [0.1, 0.15) is 20.3 Å². The Labute approximate surface area is 111 Å². The van der Waals surface area contributed by atoms with Gasteiger partial charge in [-0.2, -0.15) is 15.2 Å². The van der Waals surface area contributed by atoms with E-state index in [-0.39, 0.29) is 17.7 Å². The standard InChI is InChI=1S/C12H16N4O3/c1-5-12(2,7-13)10(17)16-11-14-8(18-3)6-9(15-11)19-4/h6H,5H2,1-4H3,(H,14,15,16,17). The van der Waals surface area contributed by atoms with Gasteiger partial charge in [0.15, 0.2) is 0 Å². The molecule has 1 aromatic heterocycles. The van der Waals surface area contributed by atoms with Crippen LogP contribution in [0.4, 0.5) is 5.95 Å². The normalized spacial score (nSPS) is 13.0. The molecule has 102 valence electrons. The molecule has 1 amide bonds. The minimum absolute atomic E-state index is 0.0381. The Morgan fingerprint density at radius 1 is 1.42 bits per heavy atom. The van der Waals surface area contributed by atoms with Crippen molar-refractivity contribution >= 4 is 11.9 Å². The molecule has 19 heavy (non-hydrogen) atoms. The highest BCUT2D eigenvalue weighted by Crippen LogP contribution is 2.23. The molecule has 7 heteroatoms. The van der Waals surface area contributed by atoms with Gasteiger partial charge in [-0.25, -0.2) is 0 Å². The molecule has 0 bridgehead atoms. The molecule has 0 saturated heterocycles. The second-order valence-corrected chi connectivity index (χ2v) is 4.03. The molecule has 0 saturated carbocycles. The van der Waals surface area contributed by atoms with E-state index in [2.05, 4.69) is 15.3 Å². The van der Waals surface area contributed by atoms with Crippen molar-refractivity contribution in [2.24, 2.45) is 5.41 Å². The number of amides is 1. The fourth-order valence-electron chi connectivity index (χ4n) is 1.20. The molecule has 0 fully saturated rings. The van der Waals surface area contributed by atoms with Crippen molar-refractivity contribution in [2.45, 2.75) is 20.3 Å². The molecular weight excluding hydrogens is 248 g/mol. The summed E-state index contributed by atoms with van der Waals surface area (Å²) in [6.07, 6.45) is 0.385. The highest BCUT2D eigenvalue weighted by molar-refractivity contribution is 5.95. The third-order valence-electron chi connectivity index (χ3n) is 2.78. The monoisotopic (exact) mass is 264 g/mol. The van der Waals surface area contributed by atoms with E-state index < -0.39 is 11.3 Å². The van der Waals surface area contributed by atoms with E-state index in [4.69, 9.17) is 14.7 Å². The van der Waals surface area contributed by atoms with Crippen LogP contribution < -0.4 is 14.8 Å². The summed E-state index contributed by atoms with van der Waals surface area (Å²) in [5, 5.41) is 11.5. The number of nitrogens with zero attached hydrogens (tertiary/aromatic N) is 3. The van der Waals surface area contributed by atoms with Crippen LogP contribution in [0, 0.1) is 16.7 Å². The lowest BCUT2D eigenvalue weighted by Gasteiger charge is -2.17. The van der Waals surface area contributed by atoms with Gasteiger partial charge in [0.05, 0.1) is 26.4 Å². The van der Waals surface area contributed by atoms with Crippen molar-refractivity contribution < 1.29 is 14.3 Å². The summed E-state index contributed by atoms with van der Waals surface area (Å²) in [4.78, 5) is 19.9. The van der Waals surface area contributed by atoms with Gasteiger partial charge in [-0.05, 0) is 13.3 Å². The highest BCUT2D eigenvalue weighted by atomic mass is 16.5. The molecular formula is C12H16N4O3. The van der Waals surface area contributed by atoms with Gasteiger partial charge in [0.25, 0.3) is 0 Å². The van der Waals surface area contributed by atoms with Crippen molar-refractivity contribution in [1.29, 1.82) is 5.26 Å². The highest BCUT2D eigenvalue weighted by Gasteiger charge is 2.32. The minimum atomic E-state index is -1.13. The summed E-state index contributed by atoms with van der Waals surface area (Å²) < 4.78 is 9.94. The molecule has 0 aliphatic heterocycles. The molecule has 0 aliphatic rings. The Bertz CT molecular complexity index is 490. The molecule has 0 aromatic carbocycles. The van der Waals surface area contributed by atoms with Crippen LogP contribution in [0.5, 0.6) is 11.8 Å². The quantitative estimate of drug-likeness (QED) is 0.862. The first-order valence-electron chi connectivity index (χ1n) is 5.68. The first-order valence-corrected chi connectivity index (χ1v) is 5.68. The maximum Gasteiger partial charge on any atom is 0.246 e. The topological polar surface area (TPSA) is 97.1 Å². The van der Waals surface area contributed by atoms with E-state index >= 15 is 0 Å². The van der Waals surface area contributed by atoms with E-state index in [9.17, 15) is 4.79 Å². The Kier molecular flexibility index (Phi) is 4.64. The Morgan fingerprint density at radius 3 is 2.32 bits per heavy atom. The molecule has 1 unspecified atom stereocenters. The van der Waals surface area contributed by atoms with Crippen LogP contribution in [0.2, 0.25) is 0 Å². The van der Waals surface area contributed by atoms with E-state index in [0.717, 1.165) is 0 Å². The zero-order valence-electron chi connectivity index (χ0n) is 11.4. The van der Waals surface area contributed by atoms with Crippen LogP contribution in [0.25, 0.3) is 0 Å². The molecule has 1 aromatic rings. The summed E-state index contributed by atoms with van der Waals surface area (Å²) in [5.41, 5.74) is -1.13. The van der Waals surface area contributed by atoms with Gasteiger partial charge < -0.3 is 9.47 Å². The van der Waals surface area contributed by atoms with E-state index in [1.807, 2.05) is 6.07 Å². The first-order chi connectivity index (χ1) is 8.98. The number of nitriles is 1. The van der Waals surface area contributed by atoms with Gasteiger partial charge >= 0.3 is 0 Å². The van der Waals surface area contributed by atoms with Gasteiger partial charge in [-0.3, -0.25) is 10.1 Å². The molecule has 0 spiro atoms. The van der Waals surface area contributed by atoms with E-state index in [0.29, 0.717) is 6.42 Å². The smallest absolute Gasteiger partial charge is 0.246 e. The van der Waals surface area contributed by atoms with Gasteiger partial charge in [0, 0.05) is 0 Å². The van der Waals surface area contributed by atoms with Gasteiger partial charge in [-0.15, -0.1) is 0 Å². The number of anilines is 1. The summed E-state index contributed by atoms with van der Waals surface area (Å²) in [6, 6.07) is 3.46. The number of hydrogen-bond acceptors (Lipinski definition) is 6. The largest absolute Gasteiger partial charge is 0.481 e. The van der Waals surface area contributed by atoms with E-state index in [1.54, 1.807) is 13.8 Å². The molecule has 0 radical (unpaired) electrons. The van der Waals surface area contributed by atoms with Gasteiger partial charge in [-0.1, -0.05) is 6.92 Å². The number of hydrogen-bond donors (Lipinski definition) is 1. The third kappa shape index (κ3) is 3.31. The summed E-state index contributed by atoms with van der Waals surface area (Å²) >= 11 is 0. The van der Waals surface area contributed by atoms with Crippen LogP contribution in [0.3, 0.4) is 0 Å². The average molecular weight is 264 g/mol. The number of carbonyl (C=O) groups is 1. The van der Waals surface area contributed by atoms with Crippen LogP contribution in [-0.4, -0.2) is 30.1 Å². The fraction of sp³-hybridized carbons (Fsp3) is 0.500. The molecule has 1 N–H and O–H groups in total. The number of ether oxygens (including phenoxy) is 2. The van der Waals surface area contributed by atoms with Crippen LogP contribution in [0.15, 0.2) is 6.07 Å². The Hall–Kier alpha value is -2.36. The molecule has 1 heterocycles. The minimum Gasteiger partial charge on any atom is -0.481 e.